The van der Waals surface area contributed by atoms with E-state index in [9.17, 15) is 9.18 Å². The van der Waals surface area contributed by atoms with E-state index in [0.717, 1.165) is 6.07 Å². The molecule has 0 heterocycles. The van der Waals surface area contributed by atoms with E-state index < -0.39 is 11.8 Å². The second kappa shape index (κ2) is 6.99. The predicted molar refractivity (Wildman–Crippen MR) is 70.2 cm³/mol. The molecule has 5 nitrogen and oxygen atoms in total. The van der Waals surface area contributed by atoms with Crippen LogP contribution in [0.1, 0.15) is 12.5 Å². The largest absolute Gasteiger partial charge is 0.462 e. The van der Waals surface area contributed by atoms with Crippen LogP contribution in [0.2, 0.25) is 10.0 Å². The van der Waals surface area contributed by atoms with Crippen molar-refractivity contribution in [2.45, 2.75) is 6.92 Å². The highest BCUT2D eigenvalue weighted by molar-refractivity contribution is 6.43. The molecule has 0 saturated heterocycles. The van der Waals surface area contributed by atoms with Gasteiger partial charge in [-0.05, 0) is 30.2 Å². The summed E-state index contributed by atoms with van der Waals surface area (Å²) in [5, 5.41) is 2.84. The Balaban J connectivity index is 3.27. The maximum absolute atomic E-state index is 13.1. The highest BCUT2D eigenvalue weighted by Crippen LogP contribution is 2.30. The summed E-state index contributed by atoms with van der Waals surface area (Å²) in [4.78, 5) is 14.0. The number of benzene rings is 1. The molecule has 0 radical (unpaired) electrons. The Bertz CT molecular complexity index is 584. The molecule has 1 aromatic rings. The van der Waals surface area contributed by atoms with Gasteiger partial charge in [-0.3, -0.25) is 0 Å². The van der Waals surface area contributed by atoms with Crippen LogP contribution in [0.25, 0.3) is 16.5 Å². The van der Waals surface area contributed by atoms with Gasteiger partial charge >= 0.3 is 5.97 Å². The SMILES string of the molecule is CCOC(=O)/C(=C/c1ccc(F)c(Cl)c1Cl)N=[N+]=[N-]. The van der Waals surface area contributed by atoms with Gasteiger partial charge in [-0.25, -0.2) is 9.18 Å². The third-order valence-corrected chi connectivity index (χ3v) is 2.87. The molecule has 8 heteroatoms. The Morgan fingerprint density at radius 1 is 1.53 bits per heavy atom. The fraction of sp³-hybridized carbons (Fsp3) is 0.182. The van der Waals surface area contributed by atoms with Crippen LogP contribution < -0.4 is 0 Å². The van der Waals surface area contributed by atoms with E-state index in [0.29, 0.717) is 0 Å². The molecule has 0 aliphatic carbocycles. The lowest BCUT2D eigenvalue weighted by Crippen LogP contribution is -2.05. The molecule has 0 aromatic heterocycles. The van der Waals surface area contributed by atoms with Crippen LogP contribution in [0, 0.1) is 5.82 Å². The highest BCUT2D eigenvalue weighted by atomic mass is 35.5. The maximum atomic E-state index is 13.1. The fourth-order valence-corrected chi connectivity index (χ4v) is 1.56. The number of hydrogen-bond acceptors (Lipinski definition) is 3. The van der Waals surface area contributed by atoms with Gasteiger partial charge in [-0.1, -0.05) is 34.4 Å². The summed E-state index contributed by atoms with van der Waals surface area (Å²) in [6, 6.07) is 2.38. The number of halogens is 3. The lowest BCUT2D eigenvalue weighted by atomic mass is 10.2. The predicted octanol–water partition coefficient (Wildman–Crippen LogP) is 4.35. The molecule has 0 unspecified atom stereocenters. The van der Waals surface area contributed by atoms with Crippen LogP contribution in [0.15, 0.2) is 22.9 Å². The first-order valence-electron chi connectivity index (χ1n) is 5.08. The van der Waals surface area contributed by atoms with Crippen LogP contribution in [0.4, 0.5) is 4.39 Å². The van der Waals surface area contributed by atoms with Gasteiger partial charge in [0.25, 0.3) is 0 Å². The van der Waals surface area contributed by atoms with Crippen molar-refractivity contribution in [2.24, 2.45) is 5.11 Å². The third-order valence-electron chi connectivity index (χ3n) is 1.99. The Labute approximate surface area is 118 Å². The van der Waals surface area contributed by atoms with Gasteiger partial charge in [0.2, 0.25) is 0 Å². The van der Waals surface area contributed by atoms with Gasteiger partial charge in [0.1, 0.15) is 11.5 Å². The lowest BCUT2D eigenvalue weighted by Gasteiger charge is -2.04. The molecule has 100 valence electrons. The highest BCUT2D eigenvalue weighted by Gasteiger charge is 2.12. The van der Waals surface area contributed by atoms with Crippen molar-refractivity contribution in [3.05, 3.63) is 49.7 Å². The van der Waals surface area contributed by atoms with Crippen molar-refractivity contribution in [3.8, 4) is 0 Å². The van der Waals surface area contributed by atoms with Gasteiger partial charge in [-0.2, -0.15) is 0 Å². The normalized spacial score (nSPS) is 10.8. The molecule has 1 aromatic carbocycles. The molecular weight excluding hydrogens is 296 g/mol. The number of esters is 1. The standard InChI is InChI=1S/C11H8Cl2FN3O2/c1-2-19-11(18)8(16-17-15)5-6-3-4-7(14)10(13)9(6)12/h3-5H,2H2,1H3/b8-5-. The molecule has 1 rings (SSSR count). The topological polar surface area (TPSA) is 75.1 Å². The minimum atomic E-state index is -0.809. The Morgan fingerprint density at radius 2 is 2.21 bits per heavy atom. The first-order valence-corrected chi connectivity index (χ1v) is 5.84. The van der Waals surface area contributed by atoms with Crippen molar-refractivity contribution < 1.29 is 13.9 Å². The van der Waals surface area contributed by atoms with Gasteiger partial charge in [-0.15, -0.1) is 0 Å². The fourth-order valence-electron chi connectivity index (χ4n) is 1.18. The average molecular weight is 304 g/mol. The summed E-state index contributed by atoms with van der Waals surface area (Å²) in [5.41, 5.74) is 8.33. The summed E-state index contributed by atoms with van der Waals surface area (Å²) >= 11 is 11.4. The summed E-state index contributed by atoms with van der Waals surface area (Å²) in [6.07, 6.45) is 1.17. The quantitative estimate of drug-likeness (QED) is 0.207. The molecule has 19 heavy (non-hydrogen) atoms. The molecule has 0 fully saturated rings. The van der Waals surface area contributed by atoms with Crippen molar-refractivity contribution in [3.63, 3.8) is 0 Å². The molecule has 0 aliphatic rings. The average Bonchev–Trinajstić information content (AvgIpc) is 2.38. The smallest absolute Gasteiger partial charge is 0.340 e. The van der Waals surface area contributed by atoms with E-state index in [2.05, 4.69) is 10.0 Å². The zero-order valence-corrected chi connectivity index (χ0v) is 11.2. The number of hydrogen-bond donors (Lipinski definition) is 0. The first-order chi connectivity index (χ1) is 9.01. The molecule has 0 spiro atoms. The van der Waals surface area contributed by atoms with Crippen molar-refractivity contribution in [1.29, 1.82) is 0 Å². The monoisotopic (exact) mass is 303 g/mol. The van der Waals surface area contributed by atoms with Crippen LogP contribution in [0.5, 0.6) is 0 Å². The molecule has 0 N–H and O–H groups in total. The van der Waals surface area contributed by atoms with Crippen LogP contribution in [-0.2, 0) is 9.53 Å². The summed E-state index contributed by atoms with van der Waals surface area (Å²) in [5.74, 6) is -1.50. The van der Waals surface area contributed by atoms with Crippen LogP contribution in [-0.4, -0.2) is 12.6 Å². The van der Waals surface area contributed by atoms with Gasteiger partial charge in [0, 0.05) is 4.91 Å². The Hall–Kier alpha value is -1.75. The summed E-state index contributed by atoms with van der Waals surface area (Å²) in [7, 11) is 0. The minimum Gasteiger partial charge on any atom is -0.462 e. The Morgan fingerprint density at radius 3 is 2.79 bits per heavy atom. The van der Waals surface area contributed by atoms with Gasteiger partial charge in [0.15, 0.2) is 0 Å². The van der Waals surface area contributed by atoms with Gasteiger partial charge in [0.05, 0.1) is 16.7 Å². The zero-order valence-electron chi connectivity index (χ0n) is 9.73. The van der Waals surface area contributed by atoms with Crippen LogP contribution >= 0.6 is 23.2 Å². The second-order valence-electron chi connectivity index (χ2n) is 3.20. The van der Waals surface area contributed by atoms with E-state index in [1.807, 2.05) is 0 Å². The molecule has 0 amide bonds. The lowest BCUT2D eigenvalue weighted by molar-refractivity contribution is -0.138. The molecule has 0 aliphatic heterocycles. The summed E-state index contributed by atoms with van der Waals surface area (Å²) < 4.78 is 17.8. The van der Waals surface area contributed by atoms with Crippen molar-refractivity contribution in [2.75, 3.05) is 6.61 Å². The molecule has 0 saturated carbocycles. The first kappa shape index (κ1) is 15.3. The van der Waals surface area contributed by atoms with Crippen molar-refractivity contribution in [1.82, 2.24) is 0 Å². The molecular formula is C11H8Cl2FN3O2. The minimum absolute atomic E-state index is 0.0865. The Kier molecular flexibility index (Phi) is 5.63. The van der Waals surface area contributed by atoms with E-state index in [4.69, 9.17) is 33.5 Å². The summed E-state index contributed by atoms with van der Waals surface area (Å²) in [6.45, 7) is 1.72. The number of carbonyl (C=O) groups is 1. The van der Waals surface area contributed by atoms with E-state index in [1.54, 1.807) is 6.92 Å². The third kappa shape index (κ3) is 3.86. The van der Waals surface area contributed by atoms with Gasteiger partial charge < -0.3 is 4.74 Å². The second-order valence-corrected chi connectivity index (χ2v) is 3.96. The number of carbonyl (C=O) groups excluding carboxylic acids is 1. The number of nitrogens with zero attached hydrogens (tertiary/aromatic N) is 3. The molecule has 0 atom stereocenters. The van der Waals surface area contributed by atoms with Crippen LogP contribution in [0.3, 0.4) is 0 Å². The maximum Gasteiger partial charge on any atom is 0.340 e. The zero-order chi connectivity index (χ0) is 14.4. The number of azide groups is 1. The van der Waals surface area contributed by atoms with E-state index >= 15 is 0 Å². The van der Waals surface area contributed by atoms with E-state index in [1.165, 1.54) is 12.1 Å². The molecule has 0 bridgehead atoms. The number of rotatable bonds is 4. The van der Waals surface area contributed by atoms with Crippen molar-refractivity contribution >= 4 is 35.2 Å². The van der Waals surface area contributed by atoms with E-state index in [-0.39, 0.29) is 27.9 Å². The number of ether oxygens (including phenoxy) is 1.